The summed E-state index contributed by atoms with van der Waals surface area (Å²) in [5, 5.41) is 12.4. The molecule has 2 N–H and O–H groups in total. The average molecular weight is 422 g/mol. The number of ether oxygens (including phenoxy) is 3. The van der Waals surface area contributed by atoms with Gasteiger partial charge in [-0.15, -0.1) is 0 Å². The number of hydrogen-bond donors (Lipinski definition) is 2. The second kappa shape index (κ2) is 10.9. The highest BCUT2D eigenvalue weighted by atomic mass is 16.6. The fraction of sp³-hybridized carbons (Fsp3) is 0.571. The summed E-state index contributed by atoms with van der Waals surface area (Å²) in [4.78, 5) is 39.2. The van der Waals surface area contributed by atoms with Crippen molar-refractivity contribution in [1.29, 1.82) is 0 Å². The second-order valence-electron chi connectivity index (χ2n) is 7.01. The summed E-state index contributed by atoms with van der Waals surface area (Å²) in [6.07, 6.45) is -0.187. The molecule has 0 saturated carbocycles. The number of rotatable bonds is 10. The molecule has 166 valence electrons. The first-order chi connectivity index (χ1) is 14.3. The van der Waals surface area contributed by atoms with Crippen molar-refractivity contribution in [3.8, 4) is 0 Å². The van der Waals surface area contributed by atoms with Crippen LogP contribution in [0.25, 0.3) is 0 Å². The van der Waals surface area contributed by atoms with Crippen molar-refractivity contribution in [2.24, 2.45) is 0 Å². The molecule has 30 heavy (non-hydrogen) atoms. The molecule has 0 aliphatic carbocycles. The number of esters is 2. The lowest BCUT2D eigenvalue weighted by atomic mass is 9.93. The molecule has 9 heteroatoms. The Morgan fingerprint density at radius 1 is 1.17 bits per heavy atom. The maximum Gasteiger partial charge on any atom is 0.350 e. The van der Waals surface area contributed by atoms with Crippen molar-refractivity contribution in [2.75, 3.05) is 37.8 Å². The molecule has 1 atom stereocenters. The lowest BCUT2D eigenvalue weighted by molar-refractivity contribution is -0.193. The van der Waals surface area contributed by atoms with Gasteiger partial charge in [-0.05, 0) is 44.9 Å². The van der Waals surface area contributed by atoms with Gasteiger partial charge >= 0.3 is 18.0 Å². The van der Waals surface area contributed by atoms with E-state index in [0.29, 0.717) is 24.3 Å². The van der Waals surface area contributed by atoms with Crippen molar-refractivity contribution in [2.45, 2.75) is 45.3 Å². The molecule has 1 aromatic rings. The van der Waals surface area contributed by atoms with Crippen LogP contribution in [-0.4, -0.2) is 67.7 Å². The van der Waals surface area contributed by atoms with E-state index in [0.717, 1.165) is 6.42 Å². The zero-order valence-electron chi connectivity index (χ0n) is 17.7. The van der Waals surface area contributed by atoms with Crippen LogP contribution in [0.2, 0.25) is 0 Å². The van der Waals surface area contributed by atoms with E-state index in [4.69, 9.17) is 14.2 Å². The third-order valence-corrected chi connectivity index (χ3v) is 4.56. The quantitative estimate of drug-likeness (QED) is 0.433. The zero-order chi connectivity index (χ0) is 22.1. The molecule has 2 amide bonds. The predicted octanol–water partition coefficient (Wildman–Crippen LogP) is 1.41. The first-order valence-corrected chi connectivity index (χ1v) is 10.1. The number of amides is 2. The molecule has 1 aliphatic rings. The van der Waals surface area contributed by atoms with Gasteiger partial charge in [-0.25, -0.2) is 14.4 Å². The van der Waals surface area contributed by atoms with Gasteiger partial charge in [0.05, 0.1) is 25.9 Å². The smallest absolute Gasteiger partial charge is 0.350 e. The van der Waals surface area contributed by atoms with Gasteiger partial charge in [-0.2, -0.15) is 0 Å². The Kier molecular flexibility index (Phi) is 8.61. The number of aliphatic hydroxyl groups is 1. The molecule has 1 aliphatic heterocycles. The normalized spacial score (nSPS) is 15.3. The largest absolute Gasteiger partial charge is 0.463 e. The van der Waals surface area contributed by atoms with E-state index in [-0.39, 0.29) is 32.3 Å². The summed E-state index contributed by atoms with van der Waals surface area (Å²) >= 11 is 0. The van der Waals surface area contributed by atoms with E-state index in [1.54, 1.807) is 43.0 Å². The summed E-state index contributed by atoms with van der Waals surface area (Å²) in [5.74, 6) is -1.74. The third kappa shape index (κ3) is 5.70. The van der Waals surface area contributed by atoms with Gasteiger partial charge in [0.15, 0.2) is 0 Å². The molecule has 1 heterocycles. The maximum atomic E-state index is 12.8. The minimum absolute atomic E-state index is 0.0566. The minimum atomic E-state index is -2.03. The fourth-order valence-electron chi connectivity index (χ4n) is 3.11. The molecule has 0 aromatic heterocycles. The number of benzene rings is 1. The number of nitrogens with one attached hydrogen (secondary N) is 1. The highest BCUT2D eigenvalue weighted by Crippen LogP contribution is 2.25. The maximum absolute atomic E-state index is 12.8. The Labute approximate surface area is 176 Å². The highest BCUT2D eigenvalue weighted by Gasteiger charge is 2.51. The average Bonchev–Trinajstić information content (AvgIpc) is 2.72. The number of carbonyl (C=O) groups excluding carboxylic acids is 3. The molecule has 1 saturated heterocycles. The standard InChI is InChI=1S/C21H30N2O7/c1-4-28-18(25)21(19(26)29-5-2,30-14-15(3)24)13-16-7-9-17(10-8-16)23-12-6-11-22-20(23)27/h7-10,15,24H,4-6,11-14H2,1-3H3,(H,22,27). The summed E-state index contributed by atoms with van der Waals surface area (Å²) < 4.78 is 15.8. The van der Waals surface area contributed by atoms with Crippen LogP contribution in [0.1, 0.15) is 32.8 Å². The SMILES string of the molecule is CCOC(=O)C(Cc1ccc(N2CCCNC2=O)cc1)(OCC(C)O)C(=O)OCC. The molecular formula is C21H30N2O7. The van der Waals surface area contributed by atoms with Gasteiger partial charge in [-0.1, -0.05) is 12.1 Å². The molecule has 1 aromatic carbocycles. The van der Waals surface area contributed by atoms with Crippen molar-refractivity contribution in [3.05, 3.63) is 29.8 Å². The van der Waals surface area contributed by atoms with E-state index in [1.807, 2.05) is 0 Å². The molecule has 1 fully saturated rings. The molecule has 0 radical (unpaired) electrons. The van der Waals surface area contributed by atoms with Crippen LogP contribution < -0.4 is 10.2 Å². The first kappa shape index (κ1) is 23.6. The predicted molar refractivity (Wildman–Crippen MR) is 109 cm³/mol. The zero-order valence-corrected chi connectivity index (χ0v) is 17.7. The van der Waals surface area contributed by atoms with Gasteiger partial charge in [-0.3, -0.25) is 4.90 Å². The van der Waals surface area contributed by atoms with Gasteiger partial charge in [0, 0.05) is 25.2 Å². The van der Waals surface area contributed by atoms with Crippen LogP contribution >= 0.6 is 0 Å². The minimum Gasteiger partial charge on any atom is -0.463 e. The van der Waals surface area contributed by atoms with Gasteiger partial charge < -0.3 is 24.6 Å². The van der Waals surface area contributed by atoms with Gasteiger partial charge in [0.2, 0.25) is 0 Å². The van der Waals surface area contributed by atoms with E-state index < -0.39 is 23.6 Å². The van der Waals surface area contributed by atoms with Crippen molar-refractivity contribution >= 4 is 23.7 Å². The van der Waals surface area contributed by atoms with Crippen LogP contribution in [0.4, 0.5) is 10.5 Å². The van der Waals surface area contributed by atoms with E-state index in [9.17, 15) is 19.5 Å². The third-order valence-electron chi connectivity index (χ3n) is 4.56. The molecule has 2 rings (SSSR count). The summed E-state index contributed by atoms with van der Waals surface area (Å²) in [5.41, 5.74) is -0.714. The number of aliphatic hydroxyl groups excluding tert-OH is 1. The highest BCUT2D eigenvalue weighted by molar-refractivity contribution is 6.04. The van der Waals surface area contributed by atoms with Crippen molar-refractivity contribution in [3.63, 3.8) is 0 Å². The Hall–Kier alpha value is -2.65. The molecule has 1 unspecified atom stereocenters. The molecule has 0 spiro atoms. The molecule has 9 nitrogen and oxygen atoms in total. The number of hydrogen-bond acceptors (Lipinski definition) is 7. The van der Waals surface area contributed by atoms with Crippen LogP contribution in [0, 0.1) is 0 Å². The van der Waals surface area contributed by atoms with E-state index >= 15 is 0 Å². The van der Waals surface area contributed by atoms with Crippen molar-refractivity contribution in [1.82, 2.24) is 5.32 Å². The Bertz CT molecular complexity index is 715. The van der Waals surface area contributed by atoms with Crippen LogP contribution in [0.15, 0.2) is 24.3 Å². The number of nitrogens with zero attached hydrogens (tertiary/aromatic N) is 1. The second-order valence-corrected chi connectivity index (χ2v) is 7.01. The lowest BCUT2D eigenvalue weighted by Crippen LogP contribution is -2.54. The summed E-state index contributed by atoms with van der Waals surface area (Å²) in [6, 6.07) is 6.76. The van der Waals surface area contributed by atoms with Crippen molar-refractivity contribution < 1.29 is 33.7 Å². The van der Waals surface area contributed by atoms with Crippen LogP contribution in [0.3, 0.4) is 0 Å². The van der Waals surface area contributed by atoms with Crippen LogP contribution in [-0.2, 0) is 30.2 Å². The number of anilines is 1. The van der Waals surface area contributed by atoms with Gasteiger partial charge in [0.25, 0.3) is 5.60 Å². The Balaban J connectivity index is 2.31. The molecular weight excluding hydrogens is 392 g/mol. The monoisotopic (exact) mass is 422 g/mol. The van der Waals surface area contributed by atoms with E-state index in [2.05, 4.69) is 5.32 Å². The lowest BCUT2D eigenvalue weighted by Gasteiger charge is -2.30. The van der Waals surface area contributed by atoms with E-state index in [1.165, 1.54) is 6.92 Å². The summed E-state index contributed by atoms with van der Waals surface area (Å²) in [7, 11) is 0. The molecule has 0 bridgehead atoms. The van der Waals surface area contributed by atoms with Crippen LogP contribution in [0.5, 0.6) is 0 Å². The number of carbonyl (C=O) groups is 3. The summed E-state index contributed by atoms with van der Waals surface area (Å²) in [6.45, 7) is 5.86. The Morgan fingerprint density at radius 3 is 2.27 bits per heavy atom. The van der Waals surface area contributed by atoms with Gasteiger partial charge in [0.1, 0.15) is 0 Å². The first-order valence-electron chi connectivity index (χ1n) is 10.1. The topological polar surface area (TPSA) is 114 Å². The fourth-order valence-corrected chi connectivity index (χ4v) is 3.11. The Morgan fingerprint density at radius 2 is 1.77 bits per heavy atom. The number of urea groups is 1.